The Bertz CT molecular complexity index is 2870. The summed E-state index contributed by atoms with van der Waals surface area (Å²) >= 11 is 1.83. The summed E-state index contributed by atoms with van der Waals surface area (Å²) in [4.78, 5) is 10.3. The summed E-state index contributed by atoms with van der Waals surface area (Å²) in [5, 5.41) is 10.1. The van der Waals surface area contributed by atoms with Gasteiger partial charge in [0.05, 0.1) is 11.4 Å². The first-order valence-corrected chi connectivity index (χ1v) is 17.4. The fraction of sp³-hybridized carbons (Fsp3) is 0. The zero-order chi connectivity index (χ0) is 32.3. The molecule has 0 fully saturated rings. The average molecular weight is 641 g/mol. The van der Waals surface area contributed by atoms with E-state index in [1.165, 1.54) is 63.6 Å². The Morgan fingerprint density at radius 1 is 0.347 bits per heavy atom. The lowest BCUT2D eigenvalue weighted by atomic mass is 9.93. The summed E-state index contributed by atoms with van der Waals surface area (Å²) in [6.07, 6.45) is 0. The molecule has 0 aliphatic rings. The van der Waals surface area contributed by atoms with Crippen LogP contribution in [-0.4, -0.2) is 9.97 Å². The standard InChI is InChI=1S/C46H28N2S/c1-2-10-31(11-3-1)46-47-41(28-42(48-46)38-17-9-19-44-45(38)39-14-6-7-18-43(39)49-44)30-22-20-29(21-23-30)35-15-8-16-36-37(35)25-24-34-26-32-12-4-5-13-33(32)27-40(34)36/h1-28H. The van der Waals surface area contributed by atoms with E-state index >= 15 is 0 Å². The molecule has 8 aromatic carbocycles. The molecule has 228 valence electrons. The summed E-state index contributed by atoms with van der Waals surface area (Å²) in [6, 6.07) is 60.9. The van der Waals surface area contributed by atoms with Crippen LogP contribution in [0.15, 0.2) is 170 Å². The van der Waals surface area contributed by atoms with Crippen LogP contribution in [0.5, 0.6) is 0 Å². The molecule has 0 aliphatic heterocycles. The van der Waals surface area contributed by atoms with E-state index in [9.17, 15) is 0 Å². The second-order valence-electron chi connectivity index (χ2n) is 12.6. The Morgan fingerprint density at radius 2 is 1.02 bits per heavy atom. The van der Waals surface area contributed by atoms with Gasteiger partial charge < -0.3 is 0 Å². The van der Waals surface area contributed by atoms with Crippen molar-refractivity contribution in [2.75, 3.05) is 0 Å². The van der Waals surface area contributed by atoms with Crippen LogP contribution in [0.25, 0.3) is 97.5 Å². The van der Waals surface area contributed by atoms with E-state index < -0.39 is 0 Å². The topological polar surface area (TPSA) is 25.8 Å². The first-order valence-electron chi connectivity index (χ1n) is 16.6. The van der Waals surface area contributed by atoms with Crippen molar-refractivity contribution in [3.8, 4) is 45.0 Å². The minimum absolute atomic E-state index is 0.724. The fourth-order valence-corrected chi connectivity index (χ4v) is 8.42. The second-order valence-corrected chi connectivity index (χ2v) is 13.7. The molecule has 0 saturated heterocycles. The number of aromatic nitrogens is 2. The highest BCUT2D eigenvalue weighted by Crippen LogP contribution is 2.41. The summed E-state index contributed by atoms with van der Waals surface area (Å²) in [7, 11) is 0. The summed E-state index contributed by atoms with van der Waals surface area (Å²) in [5.41, 5.74) is 7.43. The van der Waals surface area contributed by atoms with Gasteiger partial charge in [-0.2, -0.15) is 0 Å². The number of fused-ring (bicyclic) bond motifs is 7. The Balaban J connectivity index is 1.11. The molecule has 0 radical (unpaired) electrons. The number of benzene rings is 8. The smallest absolute Gasteiger partial charge is 0.160 e. The minimum atomic E-state index is 0.724. The van der Waals surface area contributed by atoms with Gasteiger partial charge in [-0.3, -0.25) is 0 Å². The molecule has 2 aromatic heterocycles. The first kappa shape index (κ1) is 27.9. The third kappa shape index (κ3) is 4.70. The van der Waals surface area contributed by atoms with Crippen LogP contribution < -0.4 is 0 Å². The molecular weight excluding hydrogens is 613 g/mol. The van der Waals surface area contributed by atoms with E-state index in [0.717, 1.165) is 33.9 Å². The number of hydrogen-bond acceptors (Lipinski definition) is 3. The Morgan fingerprint density at radius 3 is 1.90 bits per heavy atom. The van der Waals surface area contributed by atoms with Crippen LogP contribution in [0.4, 0.5) is 0 Å². The van der Waals surface area contributed by atoms with Gasteiger partial charge in [-0.1, -0.05) is 140 Å². The molecule has 2 heterocycles. The van der Waals surface area contributed by atoms with Gasteiger partial charge in [0.1, 0.15) is 0 Å². The largest absolute Gasteiger partial charge is 0.228 e. The van der Waals surface area contributed by atoms with Gasteiger partial charge in [0.25, 0.3) is 0 Å². The Hall–Kier alpha value is -6.16. The van der Waals surface area contributed by atoms with Gasteiger partial charge in [0, 0.05) is 36.9 Å². The average Bonchev–Trinajstić information content (AvgIpc) is 3.56. The van der Waals surface area contributed by atoms with Gasteiger partial charge in [-0.25, -0.2) is 9.97 Å². The van der Waals surface area contributed by atoms with Gasteiger partial charge >= 0.3 is 0 Å². The van der Waals surface area contributed by atoms with Gasteiger partial charge in [0.2, 0.25) is 0 Å². The molecule has 0 N–H and O–H groups in total. The van der Waals surface area contributed by atoms with E-state index in [1.54, 1.807) is 0 Å². The maximum atomic E-state index is 5.17. The van der Waals surface area contributed by atoms with E-state index in [2.05, 4.69) is 152 Å². The van der Waals surface area contributed by atoms with Crippen molar-refractivity contribution in [1.82, 2.24) is 9.97 Å². The first-order chi connectivity index (χ1) is 24.3. The van der Waals surface area contributed by atoms with Crippen molar-refractivity contribution in [3.63, 3.8) is 0 Å². The van der Waals surface area contributed by atoms with Crippen LogP contribution in [0.3, 0.4) is 0 Å². The molecule has 0 unspecified atom stereocenters. The molecule has 0 atom stereocenters. The molecule has 0 spiro atoms. The Kier molecular flexibility index (Phi) is 6.39. The maximum Gasteiger partial charge on any atom is 0.160 e. The van der Waals surface area contributed by atoms with Crippen molar-refractivity contribution in [3.05, 3.63) is 170 Å². The quantitative estimate of drug-likeness (QED) is 0.141. The van der Waals surface area contributed by atoms with Crippen LogP contribution >= 0.6 is 11.3 Å². The predicted octanol–water partition coefficient (Wildman–Crippen LogP) is 13.0. The molecule has 2 nitrogen and oxygen atoms in total. The van der Waals surface area contributed by atoms with E-state index in [1.807, 2.05) is 29.5 Å². The van der Waals surface area contributed by atoms with E-state index in [0.29, 0.717) is 0 Å². The van der Waals surface area contributed by atoms with Crippen LogP contribution in [0, 0.1) is 0 Å². The van der Waals surface area contributed by atoms with Gasteiger partial charge in [-0.05, 0) is 73.8 Å². The molecule has 3 heteroatoms. The molecule has 0 bridgehead atoms. The predicted molar refractivity (Wildman–Crippen MR) is 209 cm³/mol. The third-order valence-corrected chi connectivity index (χ3v) is 10.8. The van der Waals surface area contributed by atoms with Gasteiger partial charge in [-0.15, -0.1) is 11.3 Å². The van der Waals surface area contributed by atoms with Crippen LogP contribution in [-0.2, 0) is 0 Å². The number of nitrogens with zero attached hydrogens (tertiary/aromatic N) is 2. The number of rotatable bonds is 4. The molecular formula is C46H28N2S. The highest BCUT2D eigenvalue weighted by molar-refractivity contribution is 7.25. The zero-order valence-corrected chi connectivity index (χ0v) is 27.3. The lowest BCUT2D eigenvalue weighted by molar-refractivity contribution is 1.19. The zero-order valence-electron chi connectivity index (χ0n) is 26.5. The van der Waals surface area contributed by atoms with Gasteiger partial charge in [0.15, 0.2) is 5.82 Å². The molecule has 0 amide bonds. The fourth-order valence-electron chi connectivity index (χ4n) is 7.29. The number of thiophene rings is 1. The highest BCUT2D eigenvalue weighted by Gasteiger charge is 2.16. The van der Waals surface area contributed by atoms with Crippen molar-refractivity contribution in [2.45, 2.75) is 0 Å². The molecule has 0 saturated carbocycles. The molecule has 10 rings (SSSR count). The van der Waals surface area contributed by atoms with Crippen molar-refractivity contribution >= 4 is 63.8 Å². The van der Waals surface area contributed by atoms with E-state index in [4.69, 9.17) is 9.97 Å². The lowest BCUT2D eigenvalue weighted by Crippen LogP contribution is -1.96. The molecule has 10 aromatic rings. The SMILES string of the molecule is c1ccc(-c2nc(-c3ccc(-c4cccc5c4ccc4cc6ccccc6cc45)cc3)cc(-c3cccc4sc5ccccc5c34)n2)cc1. The van der Waals surface area contributed by atoms with Crippen LogP contribution in [0.1, 0.15) is 0 Å². The highest BCUT2D eigenvalue weighted by atomic mass is 32.1. The lowest BCUT2D eigenvalue weighted by Gasteiger charge is -2.12. The third-order valence-electron chi connectivity index (χ3n) is 9.67. The summed E-state index contributed by atoms with van der Waals surface area (Å²) in [5.74, 6) is 0.724. The maximum absolute atomic E-state index is 5.17. The van der Waals surface area contributed by atoms with E-state index in [-0.39, 0.29) is 0 Å². The molecule has 0 aliphatic carbocycles. The van der Waals surface area contributed by atoms with Crippen molar-refractivity contribution in [1.29, 1.82) is 0 Å². The Labute approximate surface area is 287 Å². The number of hydrogen-bond donors (Lipinski definition) is 0. The van der Waals surface area contributed by atoms with Crippen molar-refractivity contribution < 1.29 is 0 Å². The monoisotopic (exact) mass is 640 g/mol. The van der Waals surface area contributed by atoms with Crippen molar-refractivity contribution in [2.24, 2.45) is 0 Å². The second kappa shape index (κ2) is 11.2. The minimum Gasteiger partial charge on any atom is -0.228 e. The normalized spacial score (nSPS) is 11.7. The van der Waals surface area contributed by atoms with Crippen LogP contribution in [0.2, 0.25) is 0 Å². The summed E-state index contributed by atoms with van der Waals surface area (Å²) in [6.45, 7) is 0. The summed E-state index contributed by atoms with van der Waals surface area (Å²) < 4.78 is 2.55. The molecule has 49 heavy (non-hydrogen) atoms.